The van der Waals surface area contributed by atoms with Gasteiger partial charge in [0.15, 0.2) is 0 Å². The number of aromatic nitrogens is 2. The highest BCUT2D eigenvalue weighted by Gasteiger charge is 2.17. The van der Waals surface area contributed by atoms with Gasteiger partial charge in [0.05, 0.1) is 18.8 Å². The number of nitrogens with zero attached hydrogens (tertiary/aromatic N) is 3. The maximum absolute atomic E-state index is 13.2. The molecule has 0 spiro atoms. The Morgan fingerprint density at radius 2 is 1.91 bits per heavy atom. The van der Waals surface area contributed by atoms with E-state index in [9.17, 15) is 9.18 Å². The lowest BCUT2D eigenvalue weighted by Crippen LogP contribution is -2.32. The highest BCUT2D eigenvalue weighted by molar-refractivity contribution is 7.09. The monoisotopic (exact) mass is 464 g/mol. The summed E-state index contributed by atoms with van der Waals surface area (Å²) in [5.41, 5.74) is 2.00. The number of furan rings is 1. The molecule has 0 radical (unpaired) electrons. The Morgan fingerprint density at radius 3 is 2.64 bits per heavy atom. The molecular weight excluding hydrogens is 439 g/mol. The van der Waals surface area contributed by atoms with Crippen LogP contribution >= 0.6 is 11.5 Å². The number of hydrogen-bond donors (Lipinski definition) is 1. The predicted octanol–water partition coefficient (Wildman–Crippen LogP) is 5.14. The Hall–Kier alpha value is -3.52. The van der Waals surface area contributed by atoms with E-state index in [1.165, 1.54) is 23.7 Å². The summed E-state index contributed by atoms with van der Waals surface area (Å²) in [5, 5.41) is 3.77. The zero-order valence-electron chi connectivity index (χ0n) is 18.3. The van der Waals surface area contributed by atoms with Gasteiger partial charge >= 0.3 is 0 Å². The molecule has 0 aliphatic carbocycles. The average molecular weight is 465 g/mol. The van der Waals surface area contributed by atoms with E-state index in [0.29, 0.717) is 36.9 Å². The first kappa shape index (κ1) is 22.7. The molecule has 170 valence electrons. The minimum absolute atomic E-state index is 0.0353. The second-order valence-corrected chi connectivity index (χ2v) is 8.48. The van der Waals surface area contributed by atoms with Gasteiger partial charge < -0.3 is 14.6 Å². The van der Waals surface area contributed by atoms with Crippen molar-refractivity contribution in [3.63, 3.8) is 0 Å². The Morgan fingerprint density at radius 1 is 1.12 bits per heavy atom. The maximum Gasteiger partial charge on any atom is 0.222 e. The largest absolute Gasteiger partial charge is 0.467 e. The van der Waals surface area contributed by atoms with E-state index in [-0.39, 0.29) is 17.8 Å². The van der Waals surface area contributed by atoms with Gasteiger partial charge in [-0.3, -0.25) is 4.79 Å². The third kappa shape index (κ3) is 6.49. The molecule has 6 nitrogen and oxygen atoms in total. The number of carbonyl (C=O) groups excluding carboxylic acids is 1. The number of carbonyl (C=O) groups is 1. The van der Waals surface area contributed by atoms with Gasteiger partial charge in [0.1, 0.15) is 17.4 Å². The van der Waals surface area contributed by atoms with Crippen molar-refractivity contribution in [2.75, 3.05) is 11.4 Å². The summed E-state index contributed by atoms with van der Waals surface area (Å²) in [6, 6.07) is 19.9. The van der Waals surface area contributed by atoms with E-state index in [0.717, 1.165) is 16.9 Å². The van der Waals surface area contributed by atoms with Crippen molar-refractivity contribution in [3.05, 3.63) is 102 Å². The van der Waals surface area contributed by atoms with Crippen LogP contribution < -0.4 is 10.2 Å². The first-order chi connectivity index (χ1) is 16.1. The summed E-state index contributed by atoms with van der Waals surface area (Å²) >= 11 is 1.28. The number of halogens is 1. The van der Waals surface area contributed by atoms with Crippen LogP contribution in [-0.2, 0) is 17.8 Å². The van der Waals surface area contributed by atoms with Crippen LogP contribution in [0.3, 0.4) is 0 Å². The standard InChI is InChI=1S/C25H25FN4O2S/c1-18(20-6-3-2-4-7-20)27-24(31)13-14-30(17-22-8-5-15-32-22)25-28-23(29-33-25)16-19-9-11-21(26)12-10-19/h2-12,15,18H,13-14,16-17H2,1H3,(H,27,31). The van der Waals surface area contributed by atoms with Gasteiger partial charge in [-0.2, -0.15) is 4.37 Å². The minimum atomic E-state index is -0.268. The molecule has 1 N–H and O–H groups in total. The van der Waals surface area contributed by atoms with E-state index < -0.39 is 0 Å². The van der Waals surface area contributed by atoms with Crippen LogP contribution in [0, 0.1) is 5.82 Å². The Labute approximate surface area is 196 Å². The fourth-order valence-corrected chi connectivity index (χ4v) is 4.15. The number of rotatable bonds is 10. The van der Waals surface area contributed by atoms with Crippen LogP contribution in [0.25, 0.3) is 0 Å². The molecule has 33 heavy (non-hydrogen) atoms. The van der Waals surface area contributed by atoms with Crippen molar-refractivity contribution in [2.24, 2.45) is 0 Å². The third-order valence-corrected chi connectivity index (χ3v) is 6.03. The average Bonchev–Trinajstić information content (AvgIpc) is 3.51. The first-order valence-electron chi connectivity index (χ1n) is 10.8. The second-order valence-electron chi connectivity index (χ2n) is 7.75. The smallest absolute Gasteiger partial charge is 0.222 e. The maximum atomic E-state index is 13.2. The van der Waals surface area contributed by atoms with Crippen molar-refractivity contribution in [2.45, 2.75) is 32.4 Å². The minimum Gasteiger partial charge on any atom is -0.467 e. The summed E-state index contributed by atoms with van der Waals surface area (Å²) in [5.74, 6) is 1.14. The third-order valence-electron chi connectivity index (χ3n) is 5.22. The van der Waals surface area contributed by atoms with Crippen molar-refractivity contribution in [1.82, 2.24) is 14.7 Å². The molecule has 0 saturated heterocycles. The molecule has 0 fully saturated rings. The number of nitrogens with one attached hydrogen (secondary N) is 1. The molecule has 2 heterocycles. The highest BCUT2D eigenvalue weighted by Crippen LogP contribution is 2.22. The van der Waals surface area contributed by atoms with Crippen LogP contribution in [0.5, 0.6) is 0 Å². The quantitative estimate of drug-likeness (QED) is 0.352. The lowest BCUT2D eigenvalue weighted by molar-refractivity contribution is -0.121. The van der Waals surface area contributed by atoms with Crippen LogP contribution in [0.15, 0.2) is 77.4 Å². The van der Waals surface area contributed by atoms with E-state index in [4.69, 9.17) is 4.42 Å². The molecule has 1 amide bonds. The van der Waals surface area contributed by atoms with Crippen LogP contribution in [0.1, 0.15) is 42.1 Å². The summed E-state index contributed by atoms with van der Waals surface area (Å²) in [4.78, 5) is 19.3. The predicted molar refractivity (Wildman–Crippen MR) is 126 cm³/mol. The van der Waals surface area contributed by atoms with Crippen molar-refractivity contribution in [3.8, 4) is 0 Å². The summed E-state index contributed by atoms with van der Waals surface area (Å²) < 4.78 is 23.1. The Balaban J connectivity index is 1.40. The fraction of sp³-hybridized carbons (Fsp3) is 0.240. The van der Waals surface area contributed by atoms with Gasteiger partial charge in [0.25, 0.3) is 0 Å². The number of anilines is 1. The molecule has 1 unspecified atom stereocenters. The van der Waals surface area contributed by atoms with E-state index in [1.807, 2.05) is 54.3 Å². The summed E-state index contributed by atoms with van der Waals surface area (Å²) in [7, 11) is 0. The highest BCUT2D eigenvalue weighted by atomic mass is 32.1. The molecule has 8 heteroatoms. The number of amides is 1. The Bertz CT molecular complexity index is 1150. The SMILES string of the molecule is CC(NC(=O)CCN(Cc1ccco1)c1nc(Cc2ccc(F)cc2)ns1)c1ccccc1. The lowest BCUT2D eigenvalue weighted by atomic mass is 10.1. The van der Waals surface area contributed by atoms with Gasteiger partial charge in [-0.05, 0) is 42.3 Å². The van der Waals surface area contributed by atoms with Crippen molar-refractivity contribution in [1.29, 1.82) is 0 Å². The summed E-state index contributed by atoms with van der Waals surface area (Å²) in [6.45, 7) is 2.93. The molecule has 0 aliphatic rings. The molecule has 2 aromatic carbocycles. The topological polar surface area (TPSA) is 71.3 Å². The molecule has 0 saturated carbocycles. The van der Waals surface area contributed by atoms with Crippen LogP contribution in [0.2, 0.25) is 0 Å². The lowest BCUT2D eigenvalue weighted by Gasteiger charge is -2.21. The second kappa shape index (κ2) is 10.9. The normalized spacial score (nSPS) is 11.8. The fourth-order valence-electron chi connectivity index (χ4n) is 3.44. The zero-order chi connectivity index (χ0) is 23.0. The van der Waals surface area contributed by atoms with E-state index >= 15 is 0 Å². The van der Waals surface area contributed by atoms with Gasteiger partial charge in [-0.1, -0.05) is 42.5 Å². The molecule has 4 aromatic rings. The molecule has 2 aromatic heterocycles. The molecular formula is C25H25FN4O2S. The van der Waals surface area contributed by atoms with E-state index in [2.05, 4.69) is 14.7 Å². The first-order valence-corrected chi connectivity index (χ1v) is 11.5. The van der Waals surface area contributed by atoms with Gasteiger partial charge in [-0.25, -0.2) is 9.37 Å². The molecule has 4 rings (SSSR count). The van der Waals surface area contributed by atoms with Gasteiger partial charge in [0.2, 0.25) is 11.0 Å². The number of hydrogen-bond acceptors (Lipinski definition) is 6. The Kier molecular flexibility index (Phi) is 7.47. The van der Waals surface area contributed by atoms with Gasteiger partial charge in [0, 0.05) is 30.9 Å². The molecule has 0 aliphatic heterocycles. The molecule has 1 atom stereocenters. The zero-order valence-corrected chi connectivity index (χ0v) is 19.1. The van der Waals surface area contributed by atoms with Crippen molar-refractivity contribution >= 4 is 22.6 Å². The summed E-state index contributed by atoms with van der Waals surface area (Å²) in [6.07, 6.45) is 2.45. The van der Waals surface area contributed by atoms with Crippen LogP contribution in [0.4, 0.5) is 9.52 Å². The number of benzene rings is 2. The van der Waals surface area contributed by atoms with E-state index in [1.54, 1.807) is 18.4 Å². The van der Waals surface area contributed by atoms with Gasteiger partial charge in [-0.15, -0.1) is 0 Å². The van der Waals surface area contributed by atoms with Crippen LogP contribution in [-0.4, -0.2) is 21.8 Å². The van der Waals surface area contributed by atoms with Crippen molar-refractivity contribution < 1.29 is 13.6 Å². The molecule has 0 bridgehead atoms.